The van der Waals surface area contributed by atoms with Crippen LogP contribution in [0, 0.1) is 0 Å². The predicted octanol–water partition coefficient (Wildman–Crippen LogP) is 0.358. The van der Waals surface area contributed by atoms with E-state index in [0.29, 0.717) is 0 Å². The molecule has 0 amide bonds. The van der Waals surface area contributed by atoms with Crippen molar-refractivity contribution in [3.05, 3.63) is 22.4 Å². The summed E-state index contributed by atoms with van der Waals surface area (Å²) in [6.45, 7) is 6.66. The molecule has 0 radical (unpaired) electrons. The van der Waals surface area contributed by atoms with E-state index in [1.54, 1.807) is 11.3 Å². The fourth-order valence-electron chi connectivity index (χ4n) is 2.19. The van der Waals surface area contributed by atoms with Gasteiger partial charge in [0.2, 0.25) is 0 Å². The van der Waals surface area contributed by atoms with Crippen LogP contribution in [0.4, 0.5) is 0 Å². The van der Waals surface area contributed by atoms with Crippen molar-refractivity contribution in [2.24, 2.45) is 5.73 Å². The molecule has 1 saturated heterocycles. The molecule has 5 heteroatoms. The summed E-state index contributed by atoms with van der Waals surface area (Å²) in [6.07, 6.45) is -0.337. The standard InChI is InChI=1S/C12H21N3OS/c13-3-4-14-5-7-15(8-6-14)10-11(16)12-2-1-9-17-12/h1-2,9,11,16H,3-8,10,13H2. The maximum atomic E-state index is 10.1. The van der Waals surface area contributed by atoms with Gasteiger partial charge in [-0.25, -0.2) is 0 Å². The zero-order chi connectivity index (χ0) is 12.1. The minimum atomic E-state index is -0.337. The van der Waals surface area contributed by atoms with Gasteiger partial charge in [0.25, 0.3) is 0 Å². The molecule has 1 fully saturated rings. The number of thiophene rings is 1. The summed E-state index contributed by atoms with van der Waals surface area (Å²) in [7, 11) is 0. The van der Waals surface area contributed by atoms with Crippen LogP contribution in [0.15, 0.2) is 17.5 Å². The molecule has 1 aromatic heterocycles. The number of aliphatic hydroxyl groups is 1. The Balaban J connectivity index is 1.74. The highest BCUT2D eigenvalue weighted by Gasteiger charge is 2.19. The van der Waals surface area contributed by atoms with Crippen molar-refractivity contribution >= 4 is 11.3 Å². The minimum absolute atomic E-state index is 0.337. The number of rotatable bonds is 5. The number of piperazine rings is 1. The van der Waals surface area contributed by atoms with Crippen molar-refractivity contribution < 1.29 is 5.11 Å². The van der Waals surface area contributed by atoms with Crippen molar-refractivity contribution in [1.29, 1.82) is 0 Å². The van der Waals surface area contributed by atoms with E-state index in [0.717, 1.165) is 50.7 Å². The van der Waals surface area contributed by atoms with Gasteiger partial charge >= 0.3 is 0 Å². The first kappa shape index (κ1) is 13.0. The number of aliphatic hydroxyl groups excluding tert-OH is 1. The van der Waals surface area contributed by atoms with E-state index in [-0.39, 0.29) is 6.10 Å². The van der Waals surface area contributed by atoms with Gasteiger partial charge in [0.05, 0.1) is 0 Å². The third kappa shape index (κ3) is 3.76. The average Bonchev–Trinajstić information content (AvgIpc) is 2.86. The van der Waals surface area contributed by atoms with Crippen molar-refractivity contribution in [3.63, 3.8) is 0 Å². The predicted molar refractivity (Wildman–Crippen MR) is 71.2 cm³/mol. The smallest absolute Gasteiger partial charge is 0.101 e. The van der Waals surface area contributed by atoms with E-state index in [4.69, 9.17) is 5.73 Å². The first-order valence-electron chi connectivity index (χ1n) is 6.16. The third-order valence-electron chi connectivity index (χ3n) is 3.21. The van der Waals surface area contributed by atoms with Crippen molar-refractivity contribution in [2.75, 3.05) is 45.8 Å². The van der Waals surface area contributed by atoms with Gasteiger partial charge in [0.1, 0.15) is 6.10 Å². The van der Waals surface area contributed by atoms with E-state index in [1.165, 1.54) is 0 Å². The summed E-state index contributed by atoms with van der Waals surface area (Å²) in [5.74, 6) is 0. The molecule has 2 rings (SSSR count). The Morgan fingerprint density at radius 2 is 2.00 bits per heavy atom. The molecule has 4 nitrogen and oxygen atoms in total. The molecule has 1 unspecified atom stereocenters. The highest BCUT2D eigenvalue weighted by molar-refractivity contribution is 7.10. The number of nitrogens with zero attached hydrogens (tertiary/aromatic N) is 2. The van der Waals surface area contributed by atoms with Gasteiger partial charge < -0.3 is 10.8 Å². The fraction of sp³-hybridized carbons (Fsp3) is 0.667. The molecule has 1 aromatic rings. The van der Waals surface area contributed by atoms with Gasteiger partial charge in [-0.05, 0) is 11.4 Å². The van der Waals surface area contributed by atoms with Gasteiger partial charge in [-0.15, -0.1) is 11.3 Å². The molecular formula is C12H21N3OS. The summed E-state index contributed by atoms with van der Waals surface area (Å²) in [6, 6.07) is 3.99. The second-order valence-corrected chi connectivity index (χ2v) is 5.44. The SMILES string of the molecule is NCCN1CCN(CC(O)c2cccs2)CC1. The lowest BCUT2D eigenvalue weighted by Gasteiger charge is -2.35. The zero-order valence-corrected chi connectivity index (χ0v) is 10.9. The normalized spacial score (nSPS) is 20.6. The number of β-amino-alcohol motifs (C(OH)–C–C–N with tert-alkyl or cyclic N) is 1. The van der Waals surface area contributed by atoms with Crippen LogP contribution in [-0.4, -0.2) is 60.7 Å². The first-order valence-corrected chi connectivity index (χ1v) is 7.04. The molecule has 0 aromatic carbocycles. The fourth-order valence-corrected chi connectivity index (χ4v) is 2.90. The van der Waals surface area contributed by atoms with Gasteiger partial charge in [-0.3, -0.25) is 9.80 Å². The molecular weight excluding hydrogens is 234 g/mol. The summed E-state index contributed by atoms with van der Waals surface area (Å²) < 4.78 is 0. The van der Waals surface area contributed by atoms with Gasteiger partial charge in [0, 0.05) is 50.7 Å². The van der Waals surface area contributed by atoms with Crippen LogP contribution in [0.2, 0.25) is 0 Å². The number of hydrogen-bond acceptors (Lipinski definition) is 5. The highest BCUT2D eigenvalue weighted by Crippen LogP contribution is 2.20. The molecule has 3 N–H and O–H groups in total. The maximum Gasteiger partial charge on any atom is 0.101 e. The molecule has 1 aliphatic rings. The van der Waals surface area contributed by atoms with Crippen molar-refractivity contribution in [3.8, 4) is 0 Å². The third-order valence-corrected chi connectivity index (χ3v) is 4.19. The van der Waals surface area contributed by atoms with Crippen LogP contribution in [0.5, 0.6) is 0 Å². The molecule has 1 aliphatic heterocycles. The molecule has 96 valence electrons. The Hall–Kier alpha value is -0.460. The van der Waals surface area contributed by atoms with E-state index in [9.17, 15) is 5.11 Å². The van der Waals surface area contributed by atoms with Crippen LogP contribution >= 0.6 is 11.3 Å². The Labute approximate surface area is 107 Å². The van der Waals surface area contributed by atoms with E-state index >= 15 is 0 Å². The molecule has 2 heterocycles. The van der Waals surface area contributed by atoms with Crippen LogP contribution in [-0.2, 0) is 0 Å². The Kier molecular flexibility index (Phi) is 4.94. The Morgan fingerprint density at radius 3 is 2.59 bits per heavy atom. The highest BCUT2D eigenvalue weighted by atomic mass is 32.1. The Bertz CT molecular complexity index is 310. The molecule has 17 heavy (non-hydrogen) atoms. The molecule has 0 spiro atoms. The second-order valence-electron chi connectivity index (χ2n) is 4.46. The maximum absolute atomic E-state index is 10.1. The van der Waals surface area contributed by atoms with Crippen molar-refractivity contribution in [2.45, 2.75) is 6.10 Å². The lowest BCUT2D eigenvalue weighted by molar-refractivity contribution is 0.0752. The number of nitrogens with two attached hydrogens (primary N) is 1. The molecule has 1 atom stereocenters. The monoisotopic (exact) mass is 255 g/mol. The quantitative estimate of drug-likeness (QED) is 0.797. The van der Waals surface area contributed by atoms with E-state index in [1.807, 2.05) is 17.5 Å². The summed E-state index contributed by atoms with van der Waals surface area (Å²) in [5, 5.41) is 12.1. The lowest BCUT2D eigenvalue weighted by atomic mass is 10.2. The Morgan fingerprint density at radius 1 is 1.29 bits per heavy atom. The second kappa shape index (κ2) is 6.47. The topological polar surface area (TPSA) is 52.7 Å². The van der Waals surface area contributed by atoms with Crippen LogP contribution in [0.1, 0.15) is 11.0 Å². The van der Waals surface area contributed by atoms with Gasteiger partial charge in [-0.2, -0.15) is 0 Å². The van der Waals surface area contributed by atoms with Gasteiger partial charge in [-0.1, -0.05) is 6.07 Å². The van der Waals surface area contributed by atoms with Crippen LogP contribution in [0.25, 0.3) is 0 Å². The molecule has 0 saturated carbocycles. The average molecular weight is 255 g/mol. The summed E-state index contributed by atoms with van der Waals surface area (Å²) in [5.41, 5.74) is 5.55. The van der Waals surface area contributed by atoms with E-state index < -0.39 is 0 Å². The lowest BCUT2D eigenvalue weighted by Crippen LogP contribution is -2.48. The van der Waals surface area contributed by atoms with Crippen LogP contribution < -0.4 is 5.73 Å². The summed E-state index contributed by atoms with van der Waals surface area (Å²) in [4.78, 5) is 5.78. The zero-order valence-electron chi connectivity index (χ0n) is 10.1. The summed E-state index contributed by atoms with van der Waals surface area (Å²) >= 11 is 1.62. The van der Waals surface area contributed by atoms with E-state index in [2.05, 4.69) is 9.80 Å². The van der Waals surface area contributed by atoms with Gasteiger partial charge in [0.15, 0.2) is 0 Å². The minimum Gasteiger partial charge on any atom is -0.386 e. The molecule has 0 bridgehead atoms. The molecule has 0 aliphatic carbocycles. The van der Waals surface area contributed by atoms with Crippen LogP contribution in [0.3, 0.4) is 0 Å². The van der Waals surface area contributed by atoms with Crippen molar-refractivity contribution in [1.82, 2.24) is 9.80 Å². The largest absolute Gasteiger partial charge is 0.386 e. The first-order chi connectivity index (χ1) is 8.29. The number of hydrogen-bond donors (Lipinski definition) is 2.